The van der Waals surface area contributed by atoms with E-state index in [1.807, 2.05) is 48.5 Å². The third-order valence-corrected chi connectivity index (χ3v) is 5.53. The Balaban J connectivity index is 1.83. The first-order chi connectivity index (χ1) is 14.6. The minimum absolute atomic E-state index is 0.0772. The normalized spacial score (nSPS) is 13.8. The van der Waals surface area contributed by atoms with E-state index in [9.17, 15) is 14.4 Å². The van der Waals surface area contributed by atoms with Crippen molar-refractivity contribution in [1.82, 2.24) is 4.90 Å². The fourth-order valence-electron chi connectivity index (χ4n) is 4.19. The van der Waals surface area contributed by atoms with Crippen molar-refractivity contribution < 1.29 is 24.2 Å². The van der Waals surface area contributed by atoms with E-state index in [0.29, 0.717) is 0 Å². The predicted molar refractivity (Wildman–Crippen MR) is 117 cm³/mol. The maximum Gasteiger partial charge on any atom is 0.410 e. The molecule has 0 aromatic heterocycles. The van der Waals surface area contributed by atoms with E-state index in [1.54, 1.807) is 20.8 Å². The Kier molecular flexibility index (Phi) is 6.34. The van der Waals surface area contributed by atoms with Crippen LogP contribution in [-0.2, 0) is 14.3 Å². The molecule has 0 fully saturated rings. The fraction of sp³-hybridized carbons (Fsp3) is 0.375. The highest BCUT2D eigenvalue weighted by atomic mass is 16.6. The number of ether oxygens (including phenoxy) is 1. The third-order valence-electron chi connectivity index (χ3n) is 5.53. The molecule has 31 heavy (non-hydrogen) atoms. The van der Waals surface area contributed by atoms with Gasteiger partial charge in [-0.05, 0) is 49.4 Å². The molecule has 3 rings (SSSR count). The fourth-order valence-corrected chi connectivity index (χ4v) is 4.19. The van der Waals surface area contributed by atoms with Crippen molar-refractivity contribution in [3.8, 4) is 11.1 Å². The first-order valence-electron chi connectivity index (χ1n) is 10.3. The Hall–Kier alpha value is -3.35. The molecule has 0 aliphatic heterocycles. The van der Waals surface area contributed by atoms with Crippen LogP contribution in [0.2, 0.25) is 0 Å². The molecule has 7 nitrogen and oxygen atoms in total. The lowest BCUT2D eigenvalue weighted by Gasteiger charge is -2.39. The summed E-state index contributed by atoms with van der Waals surface area (Å²) in [6.45, 7) is 5.37. The molecule has 1 atom stereocenters. The standard InChI is InChI=1S/C24H28N2O5/c1-24(2,3)26(20(22(25)29)12-13-21(27)28)23(30)31-14-19-17-10-6-4-8-15(17)16-9-5-7-11-18(16)19/h4-11,19-20H,12-14H2,1-3H3,(H2,25,29)(H,27,28)/t20-/m0/s1. The summed E-state index contributed by atoms with van der Waals surface area (Å²) in [6, 6.07) is 14.9. The lowest BCUT2D eigenvalue weighted by Crippen LogP contribution is -2.56. The van der Waals surface area contributed by atoms with E-state index in [4.69, 9.17) is 15.6 Å². The van der Waals surface area contributed by atoms with E-state index in [0.717, 1.165) is 22.3 Å². The van der Waals surface area contributed by atoms with E-state index in [1.165, 1.54) is 4.90 Å². The number of carbonyl (C=O) groups excluding carboxylic acids is 2. The van der Waals surface area contributed by atoms with Crippen LogP contribution in [0, 0.1) is 0 Å². The number of benzene rings is 2. The highest BCUT2D eigenvalue weighted by Gasteiger charge is 2.38. The number of carboxylic acids is 1. The number of hydrogen-bond donors (Lipinski definition) is 2. The average molecular weight is 424 g/mol. The number of hydrogen-bond acceptors (Lipinski definition) is 4. The summed E-state index contributed by atoms with van der Waals surface area (Å²) in [6.07, 6.45) is -1.05. The van der Waals surface area contributed by atoms with Gasteiger partial charge >= 0.3 is 12.1 Å². The highest BCUT2D eigenvalue weighted by molar-refractivity contribution is 5.85. The summed E-state index contributed by atoms with van der Waals surface area (Å²) in [5.41, 5.74) is 9.12. The van der Waals surface area contributed by atoms with Crippen LogP contribution < -0.4 is 5.73 Å². The number of nitrogens with zero attached hydrogens (tertiary/aromatic N) is 1. The van der Waals surface area contributed by atoms with Crippen molar-refractivity contribution in [2.24, 2.45) is 5.73 Å². The zero-order chi connectivity index (χ0) is 22.8. The van der Waals surface area contributed by atoms with E-state index < -0.39 is 29.6 Å². The molecule has 0 radical (unpaired) electrons. The number of primary amides is 1. The van der Waals surface area contributed by atoms with Crippen molar-refractivity contribution in [2.45, 2.75) is 51.1 Å². The van der Waals surface area contributed by atoms with Gasteiger partial charge in [0.05, 0.1) is 0 Å². The first-order valence-corrected chi connectivity index (χ1v) is 10.3. The molecule has 2 aromatic rings. The SMILES string of the molecule is CC(C)(C)N(C(=O)OCC1c2ccccc2-c2ccccc21)[C@@H](CCC(=O)O)C(N)=O. The number of carboxylic acid groups (broad SMARTS) is 1. The molecular weight excluding hydrogens is 396 g/mol. The van der Waals surface area contributed by atoms with Gasteiger partial charge in [-0.15, -0.1) is 0 Å². The van der Waals surface area contributed by atoms with Gasteiger partial charge in [-0.1, -0.05) is 48.5 Å². The molecule has 7 heteroatoms. The van der Waals surface area contributed by atoms with Crippen LogP contribution in [0.3, 0.4) is 0 Å². The summed E-state index contributed by atoms with van der Waals surface area (Å²) >= 11 is 0. The van der Waals surface area contributed by atoms with Crippen LogP contribution in [0.4, 0.5) is 4.79 Å². The van der Waals surface area contributed by atoms with Gasteiger partial charge < -0.3 is 15.6 Å². The monoisotopic (exact) mass is 424 g/mol. The second-order valence-corrected chi connectivity index (χ2v) is 8.70. The number of rotatable bonds is 7. The molecule has 1 aliphatic carbocycles. The number of carbonyl (C=O) groups is 3. The van der Waals surface area contributed by atoms with E-state index in [-0.39, 0.29) is 25.4 Å². The van der Waals surface area contributed by atoms with Crippen LogP contribution >= 0.6 is 0 Å². The Morgan fingerprint density at radius 1 is 1.03 bits per heavy atom. The molecular formula is C24H28N2O5. The number of fused-ring (bicyclic) bond motifs is 3. The van der Waals surface area contributed by atoms with Crippen molar-refractivity contribution in [3.63, 3.8) is 0 Å². The third kappa shape index (κ3) is 4.71. The van der Waals surface area contributed by atoms with Gasteiger partial charge in [0.2, 0.25) is 5.91 Å². The number of nitrogens with two attached hydrogens (primary N) is 1. The van der Waals surface area contributed by atoms with Gasteiger partial charge in [0.15, 0.2) is 0 Å². The van der Waals surface area contributed by atoms with Crippen molar-refractivity contribution in [3.05, 3.63) is 59.7 Å². The lowest BCUT2D eigenvalue weighted by atomic mass is 9.98. The molecule has 0 heterocycles. The predicted octanol–water partition coefficient (Wildman–Crippen LogP) is 3.75. The molecule has 0 unspecified atom stereocenters. The zero-order valence-corrected chi connectivity index (χ0v) is 18.0. The maximum absolute atomic E-state index is 13.1. The second-order valence-electron chi connectivity index (χ2n) is 8.70. The smallest absolute Gasteiger partial charge is 0.410 e. The Bertz CT molecular complexity index is 950. The van der Waals surface area contributed by atoms with Crippen LogP contribution in [0.15, 0.2) is 48.5 Å². The quantitative estimate of drug-likeness (QED) is 0.703. The molecule has 0 saturated heterocycles. The van der Waals surface area contributed by atoms with Crippen LogP contribution in [0.1, 0.15) is 50.7 Å². The number of amides is 2. The molecule has 0 bridgehead atoms. The van der Waals surface area contributed by atoms with Gasteiger partial charge in [-0.2, -0.15) is 0 Å². The summed E-state index contributed by atoms with van der Waals surface area (Å²) in [4.78, 5) is 37.5. The highest BCUT2D eigenvalue weighted by Crippen LogP contribution is 2.44. The molecule has 3 N–H and O–H groups in total. The van der Waals surface area contributed by atoms with Gasteiger partial charge in [0.1, 0.15) is 12.6 Å². The maximum atomic E-state index is 13.1. The summed E-state index contributed by atoms with van der Waals surface area (Å²) in [5.74, 6) is -1.94. The van der Waals surface area contributed by atoms with Crippen molar-refractivity contribution in [1.29, 1.82) is 0 Å². The molecule has 164 valence electrons. The zero-order valence-electron chi connectivity index (χ0n) is 18.0. The van der Waals surface area contributed by atoms with Gasteiger partial charge in [0.25, 0.3) is 0 Å². The van der Waals surface area contributed by atoms with Crippen molar-refractivity contribution >= 4 is 18.0 Å². The van der Waals surface area contributed by atoms with Crippen LogP contribution in [0.5, 0.6) is 0 Å². The topological polar surface area (TPSA) is 110 Å². The van der Waals surface area contributed by atoms with Gasteiger partial charge in [-0.3, -0.25) is 14.5 Å². The summed E-state index contributed by atoms with van der Waals surface area (Å²) in [5, 5.41) is 9.01. The Morgan fingerprint density at radius 2 is 1.55 bits per heavy atom. The Labute approximate surface area is 181 Å². The van der Waals surface area contributed by atoms with E-state index >= 15 is 0 Å². The van der Waals surface area contributed by atoms with Crippen molar-refractivity contribution in [2.75, 3.05) is 6.61 Å². The average Bonchev–Trinajstić information content (AvgIpc) is 3.02. The molecule has 2 amide bonds. The Morgan fingerprint density at radius 3 is 2.00 bits per heavy atom. The molecule has 2 aromatic carbocycles. The van der Waals surface area contributed by atoms with Gasteiger partial charge in [0, 0.05) is 17.9 Å². The minimum Gasteiger partial charge on any atom is -0.481 e. The lowest BCUT2D eigenvalue weighted by molar-refractivity contribution is -0.137. The van der Waals surface area contributed by atoms with Crippen LogP contribution in [0.25, 0.3) is 11.1 Å². The molecule has 1 aliphatic rings. The second kappa shape index (κ2) is 8.79. The van der Waals surface area contributed by atoms with E-state index in [2.05, 4.69) is 0 Å². The molecule has 0 saturated carbocycles. The summed E-state index contributed by atoms with van der Waals surface area (Å²) in [7, 11) is 0. The molecule has 0 spiro atoms. The summed E-state index contributed by atoms with van der Waals surface area (Å²) < 4.78 is 5.70. The van der Waals surface area contributed by atoms with Crippen LogP contribution in [-0.4, -0.2) is 46.2 Å². The first kappa shape index (κ1) is 22.3. The largest absolute Gasteiger partial charge is 0.481 e. The minimum atomic E-state index is -1.08. The van der Waals surface area contributed by atoms with Gasteiger partial charge in [-0.25, -0.2) is 4.79 Å². The number of aliphatic carboxylic acids is 1.